The van der Waals surface area contributed by atoms with Crippen molar-refractivity contribution in [3.05, 3.63) is 33.8 Å². The Morgan fingerprint density at radius 2 is 2.15 bits per heavy atom. The maximum atomic E-state index is 7.03. The minimum atomic E-state index is 0.0797. The summed E-state index contributed by atoms with van der Waals surface area (Å²) in [4.78, 5) is 0. The monoisotopic (exact) mass is 234 g/mol. The second kappa shape index (κ2) is 4.74. The Hall–Kier alpha value is -0.380. The van der Waals surface area contributed by atoms with E-state index in [1.807, 2.05) is 0 Å². The van der Waals surface area contributed by atoms with Crippen LogP contribution in [-0.4, -0.2) is 5.17 Å². The lowest BCUT2D eigenvalue weighted by molar-refractivity contribution is 1.42. The van der Waals surface area contributed by atoms with E-state index in [1.54, 1.807) is 18.2 Å². The van der Waals surface area contributed by atoms with Crippen LogP contribution < -0.4 is 5.73 Å². The zero-order valence-electron chi connectivity index (χ0n) is 6.68. The smallest absolute Gasteiger partial charge is 0.151 e. The molecule has 0 saturated heterocycles. The molecule has 0 aliphatic rings. The van der Waals surface area contributed by atoms with Crippen LogP contribution in [-0.2, 0) is 5.75 Å². The fraction of sp³-hybridized carbons (Fsp3) is 0.125. The molecule has 0 radical (unpaired) electrons. The minimum absolute atomic E-state index is 0.0797. The maximum Gasteiger partial charge on any atom is 0.151 e. The largest absolute Gasteiger partial charge is 0.379 e. The molecule has 0 aliphatic carbocycles. The first-order chi connectivity index (χ1) is 6.09. The lowest BCUT2D eigenvalue weighted by Crippen LogP contribution is -2.03. The molecule has 0 bridgehead atoms. The topological polar surface area (TPSA) is 49.9 Å². The number of hydrogen-bond acceptors (Lipinski definition) is 2. The average Bonchev–Trinajstić information content (AvgIpc) is 2.06. The van der Waals surface area contributed by atoms with Gasteiger partial charge in [-0.1, -0.05) is 35.0 Å². The van der Waals surface area contributed by atoms with Crippen molar-refractivity contribution in [2.24, 2.45) is 5.73 Å². The predicted molar refractivity (Wildman–Crippen MR) is 59.7 cm³/mol. The van der Waals surface area contributed by atoms with Crippen molar-refractivity contribution < 1.29 is 0 Å². The van der Waals surface area contributed by atoms with E-state index in [0.717, 1.165) is 5.56 Å². The van der Waals surface area contributed by atoms with E-state index in [9.17, 15) is 0 Å². The molecule has 0 heterocycles. The van der Waals surface area contributed by atoms with E-state index in [2.05, 4.69) is 0 Å². The number of benzene rings is 1. The molecule has 2 nitrogen and oxygen atoms in total. The molecule has 3 N–H and O–H groups in total. The summed E-state index contributed by atoms with van der Waals surface area (Å²) in [6.07, 6.45) is 0. The number of thioether (sulfide) groups is 1. The van der Waals surface area contributed by atoms with Crippen molar-refractivity contribution in [3.8, 4) is 0 Å². The number of hydrogen-bond donors (Lipinski definition) is 2. The molecule has 0 unspecified atom stereocenters. The second-order valence-corrected chi connectivity index (χ2v) is 4.25. The van der Waals surface area contributed by atoms with E-state index < -0.39 is 0 Å². The highest BCUT2D eigenvalue weighted by Gasteiger charge is 2.02. The lowest BCUT2D eigenvalue weighted by atomic mass is 10.2. The lowest BCUT2D eigenvalue weighted by Gasteiger charge is -2.03. The molecular formula is C8H8Cl2N2S. The molecule has 0 aliphatic heterocycles. The molecule has 5 heteroatoms. The molecule has 70 valence electrons. The minimum Gasteiger partial charge on any atom is -0.379 e. The first-order valence-electron chi connectivity index (χ1n) is 3.50. The van der Waals surface area contributed by atoms with Crippen LogP contribution in [0.25, 0.3) is 0 Å². The number of nitrogens with two attached hydrogens (primary N) is 1. The zero-order chi connectivity index (χ0) is 9.84. The standard InChI is InChI=1S/C8H8Cl2N2S/c9-6-1-2-7(10)5(3-6)4-13-8(11)12/h1-3H,4H2,(H3,11,12). The molecule has 0 atom stereocenters. The van der Waals surface area contributed by atoms with E-state index in [4.69, 9.17) is 34.3 Å². The van der Waals surface area contributed by atoms with E-state index >= 15 is 0 Å². The molecular weight excluding hydrogens is 227 g/mol. The predicted octanol–water partition coefficient (Wildman–Crippen LogP) is 3.12. The summed E-state index contributed by atoms with van der Waals surface area (Å²) >= 11 is 12.9. The highest BCUT2D eigenvalue weighted by molar-refractivity contribution is 8.13. The van der Waals surface area contributed by atoms with Gasteiger partial charge in [0.2, 0.25) is 0 Å². The summed E-state index contributed by atoms with van der Waals surface area (Å²) < 4.78 is 0. The van der Waals surface area contributed by atoms with Gasteiger partial charge in [-0.3, -0.25) is 5.41 Å². The summed E-state index contributed by atoms with van der Waals surface area (Å²) in [6.45, 7) is 0. The van der Waals surface area contributed by atoms with Gasteiger partial charge < -0.3 is 5.73 Å². The third-order valence-corrected chi connectivity index (χ3v) is 2.76. The van der Waals surface area contributed by atoms with Crippen LogP contribution in [0.4, 0.5) is 0 Å². The van der Waals surface area contributed by atoms with Crippen molar-refractivity contribution in [2.45, 2.75) is 5.75 Å². The van der Waals surface area contributed by atoms with Crippen molar-refractivity contribution in [3.63, 3.8) is 0 Å². The van der Waals surface area contributed by atoms with Crippen LogP contribution in [0.1, 0.15) is 5.56 Å². The number of nitrogens with one attached hydrogen (secondary N) is 1. The fourth-order valence-electron chi connectivity index (χ4n) is 0.809. The highest BCUT2D eigenvalue weighted by Crippen LogP contribution is 2.24. The Morgan fingerprint density at radius 3 is 2.77 bits per heavy atom. The van der Waals surface area contributed by atoms with Crippen molar-refractivity contribution in [1.29, 1.82) is 5.41 Å². The molecule has 1 aromatic carbocycles. The van der Waals surface area contributed by atoms with Gasteiger partial charge in [0.1, 0.15) is 0 Å². The molecule has 0 saturated carbocycles. The molecule has 13 heavy (non-hydrogen) atoms. The number of halogens is 2. The Bertz CT molecular complexity index is 328. The van der Waals surface area contributed by atoms with Crippen molar-refractivity contribution in [2.75, 3.05) is 0 Å². The molecule has 1 aromatic rings. The molecule has 0 amide bonds. The van der Waals surface area contributed by atoms with Gasteiger partial charge in [-0.25, -0.2) is 0 Å². The van der Waals surface area contributed by atoms with Gasteiger partial charge in [0, 0.05) is 15.8 Å². The zero-order valence-corrected chi connectivity index (χ0v) is 9.01. The van der Waals surface area contributed by atoms with Crippen LogP contribution in [0.15, 0.2) is 18.2 Å². The first-order valence-corrected chi connectivity index (χ1v) is 5.24. The first kappa shape index (κ1) is 10.7. The van der Waals surface area contributed by atoms with Crippen LogP contribution in [0.2, 0.25) is 10.0 Å². The Morgan fingerprint density at radius 1 is 1.46 bits per heavy atom. The van der Waals surface area contributed by atoms with E-state index in [1.165, 1.54) is 11.8 Å². The highest BCUT2D eigenvalue weighted by atomic mass is 35.5. The normalized spacial score (nSPS) is 10.0. The van der Waals surface area contributed by atoms with Crippen molar-refractivity contribution >= 4 is 40.1 Å². The van der Waals surface area contributed by atoms with Crippen LogP contribution >= 0.6 is 35.0 Å². The number of amidine groups is 1. The summed E-state index contributed by atoms with van der Waals surface area (Å²) in [6, 6.07) is 5.24. The fourth-order valence-corrected chi connectivity index (χ4v) is 1.82. The molecule has 1 rings (SSSR count). The van der Waals surface area contributed by atoms with Crippen molar-refractivity contribution in [1.82, 2.24) is 0 Å². The molecule has 0 spiro atoms. The van der Waals surface area contributed by atoms with E-state index in [-0.39, 0.29) is 5.17 Å². The van der Waals surface area contributed by atoms with Crippen LogP contribution in [0, 0.1) is 5.41 Å². The summed E-state index contributed by atoms with van der Waals surface area (Å²) in [5.74, 6) is 0.578. The summed E-state index contributed by atoms with van der Waals surface area (Å²) in [7, 11) is 0. The third-order valence-electron chi connectivity index (χ3n) is 1.39. The van der Waals surface area contributed by atoms with Gasteiger partial charge in [0.05, 0.1) is 0 Å². The Kier molecular flexibility index (Phi) is 3.90. The Balaban J connectivity index is 2.75. The Labute approximate surface area is 90.9 Å². The second-order valence-electron chi connectivity index (χ2n) is 2.39. The quantitative estimate of drug-likeness (QED) is 0.611. The van der Waals surface area contributed by atoms with Gasteiger partial charge >= 0.3 is 0 Å². The van der Waals surface area contributed by atoms with Gasteiger partial charge in [-0.05, 0) is 23.8 Å². The van der Waals surface area contributed by atoms with Crippen LogP contribution in [0.3, 0.4) is 0 Å². The maximum absolute atomic E-state index is 7.03. The summed E-state index contributed by atoms with van der Waals surface area (Å²) in [5, 5.41) is 8.41. The van der Waals surface area contributed by atoms with Crippen LogP contribution in [0.5, 0.6) is 0 Å². The third kappa shape index (κ3) is 3.46. The molecule has 0 fully saturated rings. The average molecular weight is 235 g/mol. The SMILES string of the molecule is N=C(N)SCc1cc(Cl)ccc1Cl. The van der Waals surface area contributed by atoms with Gasteiger partial charge in [-0.2, -0.15) is 0 Å². The van der Waals surface area contributed by atoms with Gasteiger partial charge in [-0.15, -0.1) is 0 Å². The van der Waals surface area contributed by atoms with E-state index in [0.29, 0.717) is 15.8 Å². The van der Waals surface area contributed by atoms with Gasteiger partial charge in [0.15, 0.2) is 5.17 Å². The molecule has 0 aromatic heterocycles. The number of rotatable bonds is 2. The summed E-state index contributed by atoms with van der Waals surface area (Å²) in [5.41, 5.74) is 6.10. The van der Waals surface area contributed by atoms with Gasteiger partial charge in [0.25, 0.3) is 0 Å².